The van der Waals surface area contributed by atoms with Gasteiger partial charge in [0.25, 0.3) is 11.8 Å². The highest BCUT2D eigenvalue weighted by atomic mass is 16.5. The molecule has 2 heterocycles. The van der Waals surface area contributed by atoms with Gasteiger partial charge in [-0.25, -0.2) is 4.68 Å². The van der Waals surface area contributed by atoms with Gasteiger partial charge in [-0.1, -0.05) is 48.5 Å². The summed E-state index contributed by atoms with van der Waals surface area (Å²) in [5, 5.41) is 11.3. The summed E-state index contributed by atoms with van der Waals surface area (Å²) in [6, 6.07) is 22.5. The molecule has 0 spiro atoms. The summed E-state index contributed by atoms with van der Waals surface area (Å²) in [5.74, 6) is 0.125. The minimum absolute atomic E-state index is 0.151. The van der Waals surface area contributed by atoms with Gasteiger partial charge < -0.3 is 15.0 Å². The van der Waals surface area contributed by atoms with Crippen LogP contribution in [0.4, 0.5) is 5.69 Å². The summed E-state index contributed by atoms with van der Waals surface area (Å²) in [6.07, 6.45) is 0.0688. The molecule has 1 atom stereocenters. The fourth-order valence-electron chi connectivity index (χ4n) is 4.04. The van der Waals surface area contributed by atoms with E-state index in [9.17, 15) is 9.59 Å². The van der Waals surface area contributed by atoms with E-state index in [1.807, 2.05) is 66.2 Å². The first-order chi connectivity index (χ1) is 16.6. The van der Waals surface area contributed by atoms with E-state index in [0.717, 1.165) is 23.0 Å². The summed E-state index contributed by atoms with van der Waals surface area (Å²) in [6.45, 7) is 3.26. The summed E-state index contributed by atoms with van der Waals surface area (Å²) >= 11 is 0. The Morgan fingerprint density at radius 3 is 2.62 bits per heavy atom. The lowest BCUT2D eigenvalue weighted by atomic mass is 10.1. The monoisotopic (exact) mass is 455 g/mol. The van der Waals surface area contributed by atoms with Gasteiger partial charge >= 0.3 is 0 Å². The van der Waals surface area contributed by atoms with Gasteiger partial charge in [0.05, 0.1) is 24.3 Å². The van der Waals surface area contributed by atoms with Crippen molar-refractivity contribution in [2.24, 2.45) is 0 Å². The molecule has 1 aromatic heterocycles. The van der Waals surface area contributed by atoms with E-state index in [-0.39, 0.29) is 18.4 Å². The van der Waals surface area contributed by atoms with Gasteiger partial charge in [0.2, 0.25) is 0 Å². The van der Waals surface area contributed by atoms with Crippen LogP contribution in [0.25, 0.3) is 11.0 Å². The van der Waals surface area contributed by atoms with Gasteiger partial charge in [-0.15, -0.1) is 5.10 Å². The van der Waals surface area contributed by atoms with Crippen LogP contribution in [0.15, 0.2) is 72.8 Å². The Balaban J connectivity index is 1.36. The van der Waals surface area contributed by atoms with E-state index in [1.165, 1.54) is 0 Å². The predicted octanol–water partition coefficient (Wildman–Crippen LogP) is 3.41. The van der Waals surface area contributed by atoms with E-state index in [0.29, 0.717) is 30.1 Å². The number of benzene rings is 3. The van der Waals surface area contributed by atoms with Crippen LogP contribution in [-0.2, 0) is 11.3 Å². The molecule has 34 heavy (non-hydrogen) atoms. The normalized spacial score (nSPS) is 15.0. The SMILES string of the molecule is CCCNC(=O)[C@@H]1CN(C(=O)c2ccc(Cn3nnc4ccccc43)cc2)c2ccccc2O1. The number of aromatic nitrogens is 3. The zero-order valence-electron chi connectivity index (χ0n) is 18.8. The number of para-hydroxylation sites is 3. The van der Waals surface area contributed by atoms with Gasteiger partial charge in [0, 0.05) is 12.1 Å². The Hall–Kier alpha value is -4.20. The second-order valence-electron chi connectivity index (χ2n) is 8.21. The van der Waals surface area contributed by atoms with E-state index in [2.05, 4.69) is 15.6 Å². The number of carbonyl (C=O) groups excluding carboxylic acids is 2. The molecule has 0 fully saturated rings. The zero-order valence-corrected chi connectivity index (χ0v) is 18.8. The van der Waals surface area contributed by atoms with Crippen LogP contribution < -0.4 is 15.0 Å². The number of hydrogen-bond acceptors (Lipinski definition) is 5. The van der Waals surface area contributed by atoms with Crippen LogP contribution in [0.3, 0.4) is 0 Å². The van der Waals surface area contributed by atoms with Crippen LogP contribution >= 0.6 is 0 Å². The first-order valence-corrected chi connectivity index (χ1v) is 11.4. The Morgan fingerprint density at radius 1 is 1.03 bits per heavy atom. The van der Waals surface area contributed by atoms with Crippen molar-refractivity contribution in [1.82, 2.24) is 20.3 Å². The third-order valence-corrected chi connectivity index (χ3v) is 5.81. The summed E-state index contributed by atoms with van der Waals surface area (Å²) in [7, 11) is 0. The molecule has 172 valence electrons. The van der Waals surface area contributed by atoms with Crippen LogP contribution in [0.2, 0.25) is 0 Å². The Morgan fingerprint density at radius 2 is 1.79 bits per heavy atom. The average Bonchev–Trinajstić information content (AvgIpc) is 3.29. The third kappa shape index (κ3) is 4.22. The zero-order chi connectivity index (χ0) is 23.5. The van der Waals surface area contributed by atoms with E-state index < -0.39 is 6.10 Å². The number of amides is 2. The highest BCUT2D eigenvalue weighted by molar-refractivity contribution is 6.07. The minimum Gasteiger partial charge on any atom is -0.477 e. The van der Waals surface area contributed by atoms with E-state index in [1.54, 1.807) is 23.1 Å². The van der Waals surface area contributed by atoms with Crippen molar-refractivity contribution in [2.45, 2.75) is 26.0 Å². The van der Waals surface area contributed by atoms with Crippen molar-refractivity contribution in [3.63, 3.8) is 0 Å². The van der Waals surface area contributed by atoms with Crippen molar-refractivity contribution in [1.29, 1.82) is 0 Å². The van der Waals surface area contributed by atoms with Gasteiger partial charge in [-0.3, -0.25) is 9.59 Å². The molecule has 0 unspecified atom stereocenters. The Labute approximate surface area is 197 Å². The summed E-state index contributed by atoms with van der Waals surface area (Å²) < 4.78 is 7.74. The van der Waals surface area contributed by atoms with Crippen molar-refractivity contribution in [3.8, 4) is 5.75 Å². The van der Waals surface area contributed by atoms with Crippen molar-refractivity contribution in [2.75, 3.05) is 18.0 Å². The summed E-state index contributed by atoms with van der Waals surface area (Å²) in [4.78, 5) is 27.7. The lowest BCUT2D eigenvalue weighted by Gasteiger charge is -2.34. The molecule has 0 aliphatic carbocycles. The summed E-state index contributed by atoms with van der Waals surface area (Å²) in [5.41, 5.74) is 4.01. The van der Waals surface area contributed by atoms with Crippen LogP contribution in [0.5, 0.6) is 5.75 Å². The highest BCUT2D eigenvalue weighted by Crippen LogP contribution is 2.34. The smallest absolute Gasteiger partial charge is 0.262 e. The molecule has 0 saturated carbocycles. The Kier molecular flexibility index (Phi) is 5.95. The number of nitrogens with one attached hydrogen (secondary N) is 1. The van der Waals surface area contributed by atoms with Gasteiger partial charge in [0.1, 0.15) is 11.3 Å². The van der Waals surface area contributed by atoms with Gasteiger partial charge in [-0.2, -0.15) is 0 Å². The van der Waals surface area contributed by atoms with Gasteiger partial charge in [-0.05, 0) is 48.4 Å². The third-order valence-electron chi connectivity index (χ3n) is 5.81. The lowest BCUT2D eigenvalue weighted by Crippen LogP contribution is -2.50. The number of carbonyl (C=O) groups is 2. The molecule has 0 bridgehead atoms. The minimum atomic E-state index is -0.759. The fourth-order valence-corrected chi connectivity index (χ4v) is 4.04. The lowest BCUT2D eigenvalue weighted by molar-refractivity contribution is -0.127. The highest BCUT2D eigenvalue weighted by Gasteiger charge is 2.34. The van der Waals surface area contributed by atoms with Crippen molar-refractivity contribution in [3.05, 3.63) is 83.9 Å². The molecule has 8 heteroatoms. The molecule has 3 aromatic carbocycles. The fraction of sp³-hybridized carbons (Fsp3) is 0.231. The maximum Gasteiger partial charge on any atom is 0.262 e. The topological polar surface area (TPSA) is 89.4 Å². The predicted molar refractivity (Wildman–Crippen MR) is 129 cm³/mol. The van der Waals surface area contributed by atoms with Crippen molar-refractivity contribution >= 4 is 28.5 Å². The van der Waals surface area contributed by atoms with E-state index in [4.69, 9.17) is 4.74 Å². The first kappa shape index (κ1) is 21.6. The molecule has 1 aliphatic rings. The molecule has 4 aromatic rings. The van der Waals surface area contributed by atoms with Gasteiger partial charge in [0.15, 0.2) is 6.10 Å². The first-order valence-electron chi connectivity index (χ1n) is 11.4. The molecule has 0 radical (unpaired) electrons. The van der Waals surface area contributed by atoms with Crippen LogP contribution in [0, 0.1) is 0 Å². The quantitative estimate of drug-likeness (QED) is 0.481. The Bertz CT molecular complexity index is 1330. The number of ether oxygens (including phenoxy) is 1. The maximum absolute atomic E-state index is 13.5. The molecule has 0 saturated heterocycles. The number of rotatable bonds is 6. The number of anilines is 1. The van der Waals surface area contributed by atoms with Crippen LogP contribution in [-0.4, -0.2) is 46.0 Å². The molecule has 1 aliphatic heterocycles. The molecular weight excluding hydrogens is 430 g/mol. The average molecular weight is 456 g/mol. The standard InChI is InChI=1S/C26H25N5O3/c1-2-15-27-25(32)24-17-30(22-9-5-6-10-23(22)34-24)26(33)19-13-11-18(12-14-19)16-31-21-8-4-3-7-20(21)28-29-31/h3-14,24H,2,15-17H2,1H3,(H,27,32)/t24-/m0/s1. The van der Waals surface area contributed by atoms with E-state index >= 15 is 0 Å². The molecule has 5 rings (SSSR count). The van der Waals surface area contributed by atoms with Crippen molar-refractivity contribution < 1.29 is 14.3 Å². The molecule has 2 amide bonds. The molecule has 8 nitrogen and oxygen atoms in total. The maximum atomic E-state index is 13.5. The second kappa shape index (κ2) is 9.35. The molecular formula is C26H25N5O3. The number of nitrogens with zero attached hydrogens (tertiary/aromatic N) is 4. The van der Waals surface area contributed by atoms with Crippen LogP contribution in [0.1, 0.15) is 29.3 Å². The second-order valence-corrected chi connectivity index (χ2v) is 8.21. The number of fused-ring (bicyclic) bond motifs is 2. The number of hydrogen-bond donors (Lipinski definition) is 1. The molecule has 1 N–H and O–H groups in total. The largest absolute Gasteiger partial charge is 0.477 e.